The topological polar surface area (TPSA) is 89.3 Å². The third kappa shape index (κ3) is 116. The molecule has 0 aromatic carbocycles. The molecule has 0 aromatic rings. The van der Waals surface area contributed by atoms with Gasteiger partial charge < -0.3 is 16.6 Å². The van der Waals surface area contributed by atoms with Crippen molar-refractivity contribution in [1.82, 2.24) is 0 Å². The average Bonchev–Trinajstić information content (AvgIpc) is 1.65. The zero-order valence-corrected chi connectivity index (χ0v) is 10.9. The van der Waals surface area contributed by atoms with Gasteiger partial charge in [0.1, 0.15) is 0 Å². The van der Waals surface area contributed by atoms with Crippen molar-refractivity contribution in [2.45, 2.75) is 6.92 Å². The van der Waals surface area contributed by atoms with Crippen LogP contribution < -0.4 is 11.5 Å². The van der Waals surface area contributed by atoms with Crippen LogP contribution in [0.2, 0.25) is 0 Å². The summed E-state index contributed by atoms with van der Waals surface area (Å²) in [6.07, 6.45) is 0. The maximum Gasteiger partial charge on any atom is 0.300 e. The van der Waals surface area contributed by atoms with Crippen molar-refractivity contribution >= 4 is 65.1 Å². The fourth-order valence-electron chi connectivity index (χ4n) is 0. The Kier molecular flexibility index (Phi) is 50.5. The van der Waals surface area contributed by atoms with E-state index in [1.165, 1.54) is 0 Å². The van der Waals surface area contributed by atoms with Gasteiger partial charge in [-0.25, -0.2) is 0 Å². The number of carboxylic acids is 1. The molecule has 0 saturated carbocycles. The minimum atomic E-state index is -0.833. The molecule has 0 rings (SSSR count). The Morgan fingerprint density at radius 2 is 1.40 bits per heavy atom. The Bertz CT molecular complexity index is 57.2. The Morgan fingerprint density at radius 1 is 1.30 bits per heavy atom. The second kappa shape index (κ2) is 22.4. The molecule has 5 N–H and O–H groups in total. The van der Waals surface area contributed by atoms with E-state index in [1.54, 1.807) is 0 Å². The normalized spacial score (nSPS) is 5.50. The fraction of sp³-hybridized carbons (Fsp3) is 0.750. The molecule has 0 aliphatic carbocycles. The van der Waals surface area contributed by atoms with Gasteiger partial charge in [-0.05, 0) is 0 Å². The maximum atomic E-state index is 9.00. The van der Waals surface area contributed by atoms with Crippen LogP contribution in [0.15, 0.2) is 0 Å². The summed E-state index contributed by atoms with van der Waals surface area (Å²) in [7, 11) is 0. The number of rotatable bonds is 1. The first-order valence-corrected chi connectivity index (χ1v) is 2.24. The second-order valence-corrected chi connectivity index (χ2v) is 1.10. The summed E-state index contributed by atoms with van der Waals surface area (Å²) < 4.78 is 0. The number of carbonyl (C=O) groups is 1. The van der Waals surface area contributed by atoms with E-state index in [-0.39, 0.29) is 59.1 Å². The monoisotopic (exact) mass is 166 g/mol. The van der Waals surface area contributed by atoms with E-state index in [4.69, 9.17) is 21.4 Å². The van der Waals surface area contributed by atoms with Crippen LogP contribution in [0.25, 0.3) is 0 Å². The molecule has 10 heavy (non-hydrogen) atoms. The quantitative estimate of drug-likeness (QED) is 0.402. The van der Waals surface area contributed by atoms with Gasteiger partial charge in [-0.3, -0.25) is 4.79 Å². The third-order valence-corrected chi connectivity index (χ3v) is 0.167. The summed E-state index contributed by atoms with van der Waals surface area (Å²) >= 11 is 0. The molecular formula is C4H12N2Na2O2. The van der Waals surface area contributed by atoms with E-state index in [0.29, 0.717) is 13.1 Å². The van der Waals surface area contributed by atoms with Crippen LogP contribution in [-0.2, 0) is 4.79 Å². The molecule has 0 aromatic heterocycles. The van der Waals surface area contributed by atoms with Gasteiger partial charge in [0.25, 0.3) is 5.97 Å². The first-order valence-electron chi connectivity index (χ1n) is 2.24. The van der Waals surface area contributed by atoms with Crippen LogP contribution in [0.5, 0.6) is 0 Å². The number of aliphatic carboxylic acids is 1. The largest absolute Gasteiger partial charge is 0.481 e. The van der Waals surface area contributed by atoms with Crippen LogP contribution in [0.3, 0.4) is 0 Å². The smallest absolute Gasteiger partial charge is 0.300 e. The summed E-state index contributed by atoms with van der Waals surface area (Å²) in [6, 6.07) is 0. The third-order valence-electron chi connectivity index (χ3n) is 0.167. The van der Waals surface area contributed by atoms with Gasteiger partial charge in [0, 0.05) is 79.1 Å². The van der Waals surface area contributed by atoms with E-state index >= 15 is 0 Å². The van der Waals surface area contributed by atoms with Gasteiger partial charge in [0.05, 0.1) is 0 Å². The van der Waals surface area contributed by atoms with Gasteiger partial charge in [-0.1, -0.05) is 0 Å². The first-order chi connectivity index (χ1) is 3.65. The number of hydrogen-bond acceptors (Lipinski definition) is 3. The molecule has 4 nitrogen and oxygen atoms in total. The van der Waals surface area contributed by atoms with Crippen molar-refractivity contribution in [2.24, 2.45) is 11.5 Å². The predicted octanol–water partition coefficient (Wildman–Crippen LogP) is -1.77. The number of nitrogens with two attached hydrogens (primary N) is 2. The van der Waals surface area contributed by atoms with Gasteiger partial charge in [0.2, 0.25) is 0 Å². The van der Waals surface area contributed by atoms with Crippen molar-refractivity contribution in [3.05, 3.63) is 0 Å². The molecule has 52 valence electrons. The van der Waals surface area contributed by atoms with Gasteiger partial charge in [0.15, 0.2) is 0 Å². The molecule has 0 amide bonds. The molecule has 0 aliphatic rings. The van der Waals surface area contributed by atoms with Crippen molar-refractivity contribution in [3.8, 4) is 0 Å². The van der Waals surface area contributed by atoms with Crippen molar-refractivity contribution in [1.29, 1.82) is 0 Å². The van der Waals surface area contributed by atoms with E-state index in [1.807, 2.05) is 0 Å². The molecule has 0 unspecified atom stereocenters. The second-order valence-electron chi connectivity index (χ2n) is 1.10. The zero-order chi connectivity index (χ0) is 6.99. The van der Waals surface area contributed by atoms with E-state index in [0.717, 1.165) is 6.92 Å². The van der Waals surface area contributed by atoms with Crippen LogP contribution >= 0.6 is 0 Å². The molecule has 0 fully saturated rings. The van der Waals surface area contributed by atoms with Gasteiger partial charge in [-0.2, -0.15) is 0 Å². The Labute approximate surface area is 105 Å². The molecule has 0 aliphatic heterocycles. The number of carboxylic acid groups (broad SMARTS) is 1. The molecular weight excluding hydrogens is 154 g/mol. The molecule has 0 saturated heterocycles. The fourth-order valence-corrected chi connectivity index (χ4v) is 0. The van der Waals surface area contributed by atoms with Crippen LogP contribution in [0.1, 0.15) is 6.92 Å². The van der Waals surface area contributed by atoms with E-state index in [2.05, 4.69) is 0 Å². The molecule has 0 heterocycles. The minimum Gasteiger partial charge on any atom is -0.481 e. The number of hydrogen-bond donors (Lipinski definition) is 3. The van der Waals surface area contributed by atoms with Crippen molar-refractivity contribution < 1.29 is 9.90 Å². The standard InChI is InChI=1S/C2H8N2.C2H4O2.2Na/c3-1-2-4;1-2(3)4;;/h1-4H2;1H3,(H,3,4);;. The Morgan fingerprint density at radius 3 is 1.40 bits per heavy atom. The van der Waals surface area contributed by atoms with Gasteiger partial charge in [-0.15, -0.1) is 0 Å². The van der Waals surface area contributed by atoms with Crippen LogP contribution in [0.4, 0.5) is 0 Å². The summed E-state index contributed by atoms with van der Waals surface area (Å²) in [6.45, 7) is 2.28. The summed E-state index contributed by atoms with van der Waals surface area (Å²) in [5.41, 5.74) is 9.81. The summed E-state index contributed by atoms with van der Waals surface area (Å²) in [5.74, 6) is -0.833. The first kappa shape index (κ1) is 22.5. The predicted molar refractivity (Wildman–Crippen MR) is 42.9 cm³/mol. The zero-order valence-electron chi connectivity index (χ0n) is 6.92. The molecule has 6 heteroatoms. The Balaban J connectivity index is -0.0000000300. The van der Waals surface area contributed by atoms with E-state index < -0.39 is 5.97 Å². The maximum absolute atomic E-state index is 9.00. The SMILES string of the molecule is CC(=O)O.NCCN.[Na].[Na]. The Hall–Kier alpha value is 1.39. The summed E-state index contributed by atoms with van der Waals surface area (Å²) in [4.78, 5) is 9.00. The minimum absolute atomic E-state index is 0. The van der Waals surface area contributed by atoms with Gasteiger partial charge >= 0.3 is 0 Å². The van der Waals surface area contributed by atoms with E-state index in [9.17, 15) is 0 Å². The molecule has 2 radical (unpaired) electrons. The molecule has 0 bridgehead atoms. The van der Waals surface area contributed by atoms with Crippen molar-refractivity contribution in [2.75, 3.05) is 13.1 Å². The van der Waals surface area contributed by atoms with Crippen molar-refractivity contribution in [3.63, 3.8) is 0 Å². The molecule has 0 atom stereocenters. The van der Waals surface area contributed by atoms with Crippen LogP contribution in [-0.4, -0.2) is 83.3 Å². The summed E-state index contributed by atoms with van der Waals surface area (Å²) in [5, 5.41) is 7.42. The molecule has 0 spiro atoms. The average molecular weight is 166 g/mol. The van der Waals surface area contributed by atoms with Crippen LogP contribution in [0, 0.1) is 0 Å².